The molecule has 4 heterocycles. The fourth-order valence-electron chi connectivity index (χ4n) is 5.13. The summed E-state index contributed by atoms with van der Waals surface area (Å²) in [6.07, 6.45) is 3.37. The van der Waals surface area contributed by atoms with Crippen LogP contribution in [0, 0.1) is 0 Å². The fraction of sp³-hybridized carbons (Fsp3) is 0. The van der Waals surface area contributed by atoms with Gasteiger partial charge in [-0.15, -0.1) is 0 Å². The van der Waals surface area contributed by atoms with Gasteiger partial charge in [-0.25, -0.2) is 9.97 Å². The van der Waals surface area contributed by atoms with Gasteiger partial charge in [0.25, 0.3) is 0 Å². The number of para-hydroxylation sites is 6. The first-order chi connectivity index (χ1) is 19.3. The number of nitrogens with zero attached hydrogens (tertiary/aromatic N) is 7. The van der Waals surface area contributed by atoms with Crippen LogP contribution in [0.2, 0.25) is 0 Å². The molecule has 8 rings (SSSR count). The maximum atomic E-state index is 6.22. The molecular formula is C31H19N7O. The van der Waals surface area contributed by atoms with Gasteiger partial charge in [0.05, 0.1) is 22.4 Å². The Balaban J connectivity index is 1.45. The number of aromatic nitrogens is 6. The molecular weight excluding hydrogens is 486 g/mol. The van der Waals surface area contributed by atoms with Crippen LogP contribution in [0.3, 0.4) is 0 Å². The highest BCUT2D eigenvalue weighted by Gasteiger charge is 2.29. The lowest BCUT2D eigenvalue weighted by atomic mass is 10.2. The van der Waals surface area contributed by atoms with E-state index in [9.17, 15) is 0 Å². The minimum atomic E-state index is 0.374. The Bertz CT molecular complexity index is 1920. The summed E-state index contributed by atoms with van der Waals surface area (Å²) in [5.41, 5.74) is 3.66. The normalized spacial score (nSPS) is 12.3. The highest BCUT2D eigenvalue weighted by atomic mass is 16.5. The summed E-state index contributed by atoms with van der Waals surface area (Å²) in [5.74, 6) is 3.13. The van der Waals surface area contributed by atoms with Crippen LogP contribution in [0.1, 0.15) is 0 Å². The molecule has 3 aromatic heterocycles. The Morgan fingerprint density at radius 3 is 1.67 bits per heavy atom. The van der Waals surface area contributed by atoms with E-state index in [1.54, 1.807) is 18.5 Å². The van der Waals surface area contributed by atoms with Crippen molar-refractivity contribution in [3.05, 3.63) is 116 Å². The number of ether oxygens (including phenoxy) is 1. The van der Waals surface area contributed by atoms with E-state index < -0.39 is 0 Å². The molecule has 0 aliphatic carbocycles. The van der Waals surface area contributed by atoms with Crippen molar-refractivity contribution in [3.63, 3.8) is 0 Å². The third kappa shape index (κ3) is 3.35. The minimum absolute atomic E-state index is 0.374. The fourth-order valence-corrected chi connectivity index (χ4v) is 5.13. The first-order valence-electron chi connectivity index (χ1n) is 12.5. The summed E-state index contributed by atoms with van der Waals surface area (Å²) in [4.78, 5) is 25.8. The number of anilines is 3. The van der Waals surface area contributed by atoms with Crippen molar-refractivity contribution in [2.24, 2.45) is 0 Å². The van der Waals surface area contributed by atoms with Gasteiger partial charge in [-0.3, -0.25) is 9.47 Å². The summed E-state index contributed by atoms with van der Waals surface area (Å²) in [6, 6.07) is 34.0. The van der Waals surface area contributed by atoms with Crippen LogP contribution in [0.25, 0.3) is 39.4 Å². The van der Waals surface area contributed by atoms with Crippen molar-refractivity contribution in [2.75, 3.05) is 4.90 Å². The summed E-state index contributed by atoms with van der Waals surface area (Å²) in [5, 5.41) is 2.24. The van der Waals surface area contributed by atoms with Crippen LogP contribution < -0.4 is 9.64 Å². The van der Waals surface area contributed by atoms with Gasteiger partial charge in [0.2, 0.25) is 17.7 Å². The molecule has 0 saturated heterocycles. The van der Waals surface area contributed by atoms with Crippen LogP contribution in [0.4, 0.5) is 17.3 Å². The second kappa shape index (κ2) is 8.46. The van der Waals surface area contributed by atoms with E-state index in [1.807, 2.05) is 77.7 Å². The number of benzene rings is 4. The topological polar surface area (TPSA) is 81.9 Å². The molecule has 184 valence electrons. The van der Waals surface area contributed by atoms with E-state index in [4.69, 9.17) is 19.7 Å². The Labute approximate surface area is 222 Å². The Kier molecular flexibility index (Phi) is 4.65. The lowest BCUT2D eigenvalue weighted by Crippen LogP contribution is -2.20. The number of rotatable bonds is 3. The van der Waals surface area contributed by atoms with E-state index >= 15 is 0 Å². The van der Waals surface area contributed by atoms with Crippen LogP contribution in [0.15, 0.2) is 116 Å². The third-order valence-electron chi connectivity index (χ3n) is 6.79. The van der Waals surface area contributed by atoms with Crippen LogP contribution in [-0.2, 0) is 0 Å². The molecule has 7 aromatic rings. The first kappa shape index (κ1) is 21.5. The lowest BCUT2D eigenvalue weighted by molar-refractivity contribution is 0.476. The smallest absolute Gasteiger partial charge is 0.240 e. The van der Waals surface area contributed by atoms with Crippen molar-refractivity contribution >= 4 is 39.1 Å². The highest BCUT2D eigenvalue weighted by molar-refractivity contribution is 6.09. The molecule has 0 atom stereocenters. The zero-order valence-electron chi connectivity index (χ0n) is 20.5. The molecule has 8 nitrogen and oxygen atoms in total. The Hall–Kier alpha value is -5.63. The summed E-state index contributed by atoms with van der Waals surface area (Å²) < 4.78 is 8.29. The van der Waals surface area contributed by atoms with Crippen molar-refractivity contribution in [2.45, 2.75) is 0 Å². The summed E-state index contributed by atoms with van der Waals surface area (Å²) >= 11 is 0. The monoisotopic (exact) mass is 505 g/mol. The molecule has 0 saturated carbocycles. The molecule has 0 N–H and O–H groups in total. The first-order valence-corrected chi connectivity index (χ1v) is 12.5. The predicted molar refractivity (Wildman–Crippen MR) is 150 cm³/mol. The molecule has 39 heavy (non-hydrogen) atoms. The molecule has 0 amide bonds. The summed E-state index contributed by atoms with van der Waals surface area (Å²) in [7, 11) is 0. The highest BCUT2D eigenvalue weighted by Crippen LogP contribution is 2.49. The molecule has 0 fully saturated rings. The second-order valence-electron chi connectivity index (χ2n) is 9.07. The standard InChI is InChI=1S/C31H19N7O/c1-3-12-22-20(10-1)21-11-2-4-13-23(21)37(22)30-34-29(28-32-18-9-19-33-28)35-31(36-30)38-24-14-5-7-16-26(24)39-27-17-8-6-15-25(27)38/h1-19H. The van der Waals surface area contributed by atoms with Gasteiger partial charge in [-0.05, 0) is 42.5 Å². The quantitative estimate of drug-likeness (QED) is 0.256. The van der Waals surface area contributed by atoms with Crippen molar-refractivity contribution in [1.82, 2.24) is 29.5 Å². The maximum absolute atomic E-state index is 6.22. The predicted octanol–water partition coefficient (Wildman–Crippen LogP) is 7.00. The molecule has 8 heteroatoms. The van der Waals surface area contributed by atoms with Gasteiger partial charge >= 0.3 is 0 Å². The van der Waals surface area contributed by atoms with E-state index in [0.717, 1.165) is 33.2 Å². The lowest BCUT2D eigenvalue weighted by Gasteiger charge is -2.31. The average molecular weight is 506 g/mol. The molecule has 0 unspecified atom stereocenters. The van der Waals surface area contributed by atoms with Gasteiger partial charge in [-0.2, -0.15) is 15.0 Å². The number of hydrogen-bond acceptors (Lipinski definition) is 7. The van der Waals surface area contributed by atoms with E-state index in [-0.39, 0.29) is 0 Å². The van der Waals surface area contributed by atoms with Gasteiger partial charge in [0.1, 0.15) is 0 Å². The van der Waals surface area contributed by atoms with Gasteiger partial charge < -0.3 is 4.74 Å². The van der Waals surface area contributed by atoms with Crippen molar-refractivity contribution < 1.29 is 4.74 Å². The van der Waals surface area contributed by atoms with Crippen molar-refractivity contribution in [1.29, 1.82) is 0 Å². The van der Waals surface area contributed by atoms with Crippen LogP contribution >= 0.6 is 0 Å². The van der Waals surface area contributed by atoms with E-state index in [1.165, 1.54) is 0 Å². The molecule has 1 aliphatic rings. The zero-order valence-corrected chi connectivity index (χ0v) is 20.5. The third-order valence-corrected chi connectivity index (χ3v) is 6.79. The van der Waals surface area contributed by atoms with Gasteiger partial charge in [0.15, 0.2) is 17.3 Å². The Morgan fingerprint density at radius 2 is 1.03 bits per heavy atom. The minimum Gasteiger partial charge on any atom is -0.453 e. The molecule has 0 bridgehead atoms. The zero-order chi connectivity index (χ0) is 25.8. The SMILES string of the molecule is c1cnc(-c2nc(N3c4ccccc4Oc4ccccc43)nc(-n3c4ccccc4c4ccccc43)n2)nc1. The molecule has 0 spiro atoms. The van der Waals surface area contributed by atoms with Gasteiger partial charge in [0, 0.05) is 23.2 Å². The second-order valence-corrected chi connectivity index (χ2v) is 9.07. The van der Waals surface area contributed by atoms with Gasteiger partial charge in [-0.1, -0.05) is 60.7 Å². The molecule has 0 radical (unpaired) electrons. The summed E-state index contributed by atoms with van der Waals surface area (Å²) in [6.45, 7) is 0. The largest absolute Gasteiger partial charge is 0.453 e. The number of fused-ring (bicyclic) bond motifs is 5. The molecule has 1 aliphatic heterocycles. The van der Waals surface area contributed by atoms with E-state index in [0.29, 0.717) is 35.0 Å². The average Bonchev–Trinajstić information content (AvgIpc) is 3.34. The van der Waals surface area contributed by atoms with Crippen LogP contribution in [-0.4, -0.2) is 29.5 Å². The Morgan fingerprint density at radius 1 is 0.487 bits per heavy atom. The van der Waals surface area contributed by atoms with E-state index in [2.05, 4.69) is 38.8 Å². The maximum Gasteiger partial charge on any atom is 0.240 e. The van der Waals surface area contributed by atoms with Crippen molar-refractivity contribution in [3.8, 4) is 29.1 Å². The number of hydrogen-bond donors (Lipinski definition) is 0. The molecule has 4 aromatic carbocycles. The van der Waals surface area contributed by atoms with Crippen LogP contribution in [0.5, 0.6) is 11.5 Å².